The Balaban J connectivity index is 0.986. The van der Waals surface area contributed by atoms with Crippen LogP contribution in [0, 0.1) is 76.4 Å². The molecule has 0 amide bonds. The molecule has 3 N–H and O–H groups in total. The summed E-state index contributed by atoms with van der Waals surface area (Å²) in [6.07, 6.45) is 43.6. The first-order chi connectivity index (χ1) is 30.3. The molecule has 0 aromatic rings. The first-order valence-electron chi connectivity index (χ1n) is 27.3. The van der Waals surface area contributed by atoms with E-state index in [1.54, 1.807) is 22.4 Å². The fraction of sp³-hybridized carbons (Fsp3) is 0.839. The van der Waals surface area contributed by atoms with Gasteiger partial charge < -0.3 is 4.90 Å². The molecule has 0 aromatic carbocycles. The average Bonchev–Trinajstić information content (AvgIpc) is 3.82. The van der Waals surface area contributed by atoms with Gasteiger partial charge in [0.25, 0.3) is 0 Å². The number of allylic oxidation sites excluding steroid dienone is 5. The molecule has 17 atom stereocenters. The summed E-state index contributed by atoms with van der Waals surface area (Å²) in [6, 6.07) is 5.54. The molecule has 0 bridgehead atoms. The van der Waals surface area contributed by atoms with Crippen molar-refractivity contribution in [2.75, 3.05) is 0 Å². The van der Waals surface area contributed by atoms with Crippen molar-refractivity contribution in [2.24, 2.45) is 65.1 Å². The molecule has 3 aliphatic heterocycles. The fourth-order valence-electron chi connectivity index (χ4n) is 18.0. The molecular formula is C56H86N6. The molecule has 62 heavy (non-hydrogen) atoms. The maximum atomic E-state index is 11.6. The molecule has 11 aliphatic rings. The van der Waals surface area contributed by atoms with E-state index in [4.69, 9.17) is 0 Å². The van der Waals surface area contributed by atoms with Crippen molar-refractivity contribution in [3.63, 3.8) is 0 Å². The Morgan fingerprint density at radius 1 is 0.645 bits per heavy atom. The van der Waals surface area contributed by atoms with E-state index in [9.17, 15) is 5.26 Å². The lowest BCUT2D eigenvalue weighted by molar-refractivity contribution is -0.0433. The van der Waals surface area contributed by atoms with Gasteiger partial charge >= 0.3 is 0 Å². The van der Waals surface area contributed by atoms with Crippen molar-refractivity contribution in [3.05, 3.63) is 46.7 Å². The molecule has 3 heterocycles. The van der Waals surface area contributed by atoms with Gasteiger partial charge in [-0.15, -0.1) is 0 Å². The molecule has 0 radical (unpaired) electrons. The van der Waals surface area contributed by atoms with Crippen LogP contribution in [0.2, 0.25) is 0 Å². The van der Waals surface area contributed by atoms with Crippen LogP contribution >= 0.6 is 0 Å². The van der Waals surface area contributed by atoms with Crippen LogP contribution in [-0.4, -0.2) is 58.5 Å². The minimum Gasteiger partial charge on any atom is -0.367 e. The molecule has 6 heteroatoms. The largest absolute Gasteiger partial charge is 0.367 e. The van der Waals surface area contributed by atoms with Gasteiger partial charge in [-0.05, 0) is 144 Å². The summed E-state index contributed by atoms with van der Waals surface area (Å²) in [5.74, 6) is 6.99. The lowest BCUT2D eigenvalue weighted by atomic mass is 9.68. The number of likely N-dealkylation sites (tertiary alicyclic amines) is 1. The van der Waals surface area contributed by atoms with E-state index in [1.807, 2.05) is 0 Å². The molecule has 5 saturated carbocycles. The van der Waals surface area contributed by atoms with Gasteiger partial charge in [0.15, 0.2) is 0 Å². The zero-order chi connectivity index (χ0) is 42.1. The number of nitrogens with one attached hydrogen (secondary N) is 3. The number of rotatable bonds is 6. The van der Waals surface area contributed by atoms with Crippen LogP contribution in [0.4, 0.5) is 0 Å². The highest BCUT2D eigenvalue weighted by Gasteiger charge is 2.59. The number of hydrogen-bond donors (Lipinski definition) is 3. The van der Waals surface area contributed by atoms with Crippen molar-refractivity contribution in [1.82, 2.24) is 25.8 Å². The van der Waals surface area contributed by atoms with Gasteiger partial charge in [-0.2, -0.15) is 5.26 Å². The molecule has 0 aromatic heterocycles. The van der Waals surface area contributed by atoms with Gasteiger partial charge in [0.05, 0.1) is 30.5 Å². The summed E-state index contributed by atoms with van der Waals surface area (Å²) in [5.41, 5.74) is 6.59. The lowest BCUT2D eigenvalue weighted by Gasteiger charge is -2.57. The normalized spacial score (nSPS) is 46.9. The van der Waals surface area contributed by atoms with Crippen LogP contribution in [0.1, 0.15) is 182 Å². The zero-order valence-corrected chi connectivity index (χ0v) is 39.6. The van der Waals surface area contributed by atoms with Crippen LogP contribution in [0.3, 0.4) is 0 Å². The summed E-state index contributed by atoms with van der Waals surface area (Å²) < 4.78 is 0. The first-order valence-corrected chi connectivity index (χ1v) is 27.3. The Hall–Kier alpha value is -1.91. The Morgan fingerprint density at radius 3 is 2.13 bits per heavy atom. The van der Waals surface area contributed by atoms with E-state index in [0.717, 1.165) is 31.1 Å². The van der Waals surface area contributed by atoms with Crippen LogP contribution in [0.5, 0.6) is 0 Å². The topological polar surface area (TPSA) is 66.4 Å². The van der Waals surface area contributed by atoms with E-state index < -0.39 is 0 Å². The highest BCUT2D eigenvalue weighted by Crippen LogP contribution is 2.56. The van der Waals surface area contributed by atoms with E-state index in [-0.39, 0.29) is 12.1 Å². The molecule has 8 aliphatic carbocycles. The van der Waals surface area contributed by atoms with E-state index in [1.165, 1.54) is 135 Å². The first kappa shape index (κ1) is 42.7. The van der Waals surface area contributed by atoms with Crippen molar-refractivity contribution in [1.29, 1.82) is 5.26 Å². The third-order valence-corrected chi connectivity index (χ3v) is 20.3. The Labute approximate surface area is 378 Å². The zero-order valence-electron chi connectivity index (χ0n) is 39.6. The second-order valence-electron chi connectivity index (χ2n) is 24.1. The third kappa shape index (κ3) is 7.77. The highest BCUT2D eigenvalue weighted by atomic mass is 15.4. The van der Waals surface area contributed by atoms with Crippen molar-refractivity contribution < 1.29 is 0 Å². The van der Waals surface area contributed by atoms with Crippen molar-refractivity contribution >= 4 is 0 Å². The third-order valence-electron chi connectivity index (χ3n) is 20.3. The predicted octanol–water partition coefficient (Wildman–Crippen LogP) is 11.7. The van der Waals surface area contributed by atoms with Gasteiger partial charge in [-0.1, -0.05) is 126 Å². The molecule has 2 saturated heterocycles. The van der Waals surface area contributed by atoms with Crippen molar-refractivity contribution in [2.45, 2.75) is 231 Å². The summed E-state index contributed by atoms with van der Waals surface area (Å²) in [4.78, 5) is 6.24. The number of nitriles is 1. The van der Waals surface area contributed by atoms with E-state index in [0.29, 0.717) is 89.9 Å². The fourth-order valence-corrected chi connectivity index (χ4v) is 18.0. The maximum absolute atomic E-state index is 11.6. The second kappa shape index (κ2) is 18.1. The second-order valence-corrected chi connectivity index (χ2v) is 24.1. The minimum atomic E-state index is 0.0511. The number of nitrogens with zero attached hydrogens (tertiary/aromatic N) is 3. The molecule has 0 spiro atoms. The summed E-state index contributed by atoms with van der Waals surface area (Å²) in [5, 5.41) is 25.0. The molecule has 340 valence electrons. The Kier molecular flexibility index (Phi) is 12.4. The molecular weight excluding hydrogens is 757 g/mol. The van der Waals surface area contributed by atoms with Gasteiger partial charge in [-0.3, -0.25) is 20.9 Å². The summed E-state index contributed by atoms with van der Waals surface area (Å²) in [7, 11) is 0. The van der Waals surface area contributed by atoms with Crippen LogP contribution in [0.15, 0.2) is 46.7 Å². The smallest absolute Gasteiger partial charge is 0.0677 e. The van der Waals surface area contributed by atoms with Crippen LogP contribution < -0.4 is 16.0 Å². The summed E-state index contributed by atoms with van der Waals surface area (Å²) >= 11 is 0. The summed E-state index contributed by atoms with van der Waals surface area (Å²) in [6.45, 7) is 10.1. The van der Waals surface area contributed by atoms with Gasteiger partial charge in [0.1, 0.15) is 0 Å². The maximum Gasteiger partial charge on any atom is 0.0677 e. The lowest BCUT2D eigenvalue weighted by Crippen LogP contribution is -2.75. The van der Waals surface area contributed by atoms with Crippen LogP contribution in [0.25, 0.3) is 0 Å². The standard InChI is InChI=1S/C56H86N6/c1-34-26-36(3)52-45(28-34)46-29-35(2)27-37(4)53(46)62(52)51-32-50(61-48-24-13-11-22-43(48)44-23-12-14-25-49(44)61)42(33-57)31-47(51)56-59-54(39-18-9-6-10-19-39)58-55(60-56)41-21-15-20-40(30-41)38-16-7-5-8-17-38/h11,22,26,29,34,37-42,44-47,49-56,58-60H,5-10,12-21,23-25,27-28,30-32H2,1-4H3. The molecule has 11 rings (SSSR count). The van der Waals surface area contributed by atoms with Gasteiger partial charge in [0, 0.05) is 47.7 Å². The van der Waals surface area contributed by atoms with Crippen molar-refractivity contribution in [3.8, 4) is 6.07 Å². The quantitative estimate of drug-likeness (QED) is 0.232. The van der Waals surface area contributed by atoms with Gasteiger partial charge in [0.2, 0.25) is 0 Å². The Morgan fingerprint density at radius 2 is 1.34 bits per heavy atom. The average molecular weight is 843 g/mol. The van der Waals surface area contributed by atoms with E-state index in [2.05, 4.69) is 83.8 Å². The minimum absolute atomic E-state index is 0.0511. The number of hydrogen-bond acceptors (Lipinski definition) is 6. The monoisotopic (exact) mass is 843 g/mol. The predicted molar refractivity (Wildman–Crippen MR) is 253 cm³/mol. The number of fused-ring (bicyclic) bond motifs is 5. The molecule has 17 unspecified atom stereocenters. The molecule has 6 nitrogen and oxygen atoms in total. The molecule has 7 fully saturated rings. The van der Waals surface area contributed by atoms with Gasteiger partial charge in [-0.25, -0.2) is 0 Å². The Bertz CT molecular complexity index is 1770. The van der Waals surface area contributed by atoms with Crippen LogP contribution in [-0.2, 0) is 0 Å². The highest BCUT2D eigenvalue weighted by molar-refractivity contribution is 5.39. The SMILES string of the molecule is CC1=CC2C3CC(C)C=C(C)C3N(C3CC(N4C5=C(C=CCC5)C5CCCCC54)C(C#N)CC3C3NC(C4CCCCC4)NC(C4CCCC(C5CCCCC5)C4)N3)C2C(C)C1. The van der Waals surface area contributed by atoms with E-state index >= 15 is 0 Å².